The van der Waals surface area contributed by atoms with Crippen LogP contribution in [0.2, 0.25) is 0 Å². The number of allylic oxidation sites excluding steroid dienone is 8. The van der Waals surface area contributed by atoms with Crippen molar-refractivity contribution >= 4 is 0 Å². The van der Waals surface area contributed by atoms with Crippen molar-refractivity contribution in [2.75, 3.05) is 27.2 Å². The van der Waals surface area contributed by atoms with E-state index in [0.717, 1.165) is 32.4 Å². The monoisotopic (exact) mass is 642 g/mol. The Morgan fingerprint density at radius 2 is 0.891 bits per heavy atom. The molecule has 1 unspecified atom stereocenters. The Hall–Kier alpha value is -1.16. The summed E-state index contributed by atoms with van der Waals surface area (Å²) in [5.74, 6) is -0.329. The summed E-state index contributed by atoms with van der Waals surface area (Å²) in [5.41, 5.74) is 0. The second-order valence-electron chi connectivity index (χ2n) is 14.2. The molecular formula is C43H79NO2. The highest BCUT2D eigenvalue weighted by Crippen LogP contribution is 2.36. The van der Waals surface area contributed by atoms with Crippen LogP contribution in [0.3, 0.4) is 0 Å². The van der Waals surface area contributed by atoms with Crippen molar-refractivity contribution in [1.82, 2.24) is 4.90 Å². The van der Waals surface area contributed by atoms with Gasteiger partial charge in [0.05, 0.1) is 12.7 Å². The molecule has 0 aliphatic carbocycles. The fourth-order valence-electron chi connectivity index (χ4n) is 6.27. The molecule has 0 saturated carbocycles. The van der Waals surface area contributed by atoms with E-state index in [1.807, 2.05) is 0 Å². The van der Waals surface area contributed by atoms with Crippen LogP contribution < -0.4 is 0 Å². The normalized spacial score (nSPS) is 19.0. The zero-order valence-corrected chi connectivity index (χ0v) is 31.5. The molecule has 0 aromatic rings. The van der Waals surface area contributed by atoms with Gasteiger partial charge in [0.1, 0.15) is 0 Å². The molecule has 0 bridgehead atoms. The molecule has 3 nitrogen and oxygen atoms in total. The van der Waals surface area contributed by atoms with Crippen molar-refractivity contribution in [2.24, 2.45) is 0 Å². The Morgan fingerprint density at radius 3 is 1.30 bits per heavy atom. The molecule has 1 aliphatic rings. The summed E-state index contributed by atoms with van der Waals surface area (Å²) >= 11 is 0. The van der Waals surface area contributed by atoms with E-state index in [4.69, 9.17) is 9.47 Å². The lowest BCUT2D eigenvalue weighted by Crippen LogP contribution is -2.31. The van der Waals surface area contributed by atoms with Gasteiger partial charge in [-0.15, -0.1) is 0 Å². The lowest BCUT2D eigenvalue weighted by Gasteiger charge is -2.28. The van der Waals surface area contributed by atoms with Gasteiger partial charge < -0.3 is 14.4 Å². The maximum Gasteiger partial charge on any atom is 0.168 e. The van der Waals surface area contributed by atoms with Crippen LogP contribution in [-0.4, -0.2) is 44.0 Å². The number of unbranched alkanes of at least 4 members (excludes halogenated alkanes) is 17. The van der Waals surface area contributed by atoms with E-state index in [-0.39, 0.29) is 11.9 Å². The average Bonchev–Trinajstić information content (AvgIpc) is 3.45. The van der Waals surface area contributed by atoms with Gasteiger partial charge >= 0.3 is 0 Å². The van der Waals surface area contributed by atoms with Gasteiger partial charge in [0.15, 0.2) is 5.79 Å². The predicted molar refractivity (Wildman–Crippen MR) is 205 cm³/mol. The number of hydrogen-bond acceptors (Lipinski definition) is 3. The first-order valence-electron chi connectivity index (χ1n) is 20.2. The molecular weight excluding hydrogens is 562 g/mol. The standard InChI is InChI=1S/C43H79NO2/c1-5-7-9-11-13-15-17-19-21-23-25-27-29-31-33-35-39-43(45-41-42(46-43)37-36-40-44(3)4)38-34-32-30-28-26-24-22-20-18-16-14-12-10-8-6-2/h12-15,24-27,42H,5-11,16-23,28-41H2,1-4H3/b14-12-,15-13-,26-24-,27-25-/t42-,43?/m0/s1. The molecule has 268 valence electrons. The summed E-state index contributed by atoms with van der Waals surface area (Å²) in [7, 11) is 4.31. The van der Waals surface area contributed by atoms with E-state index in [1.54, 1.807) is 0 Å². The summed E-state index contributed by atoms with van der Waals surface area (Å²) in [4.78, 5) is 2.27. The van der Waals surface area contributed by atoms with E-state index < -0.39 is 0 Å². The van der Waals surface area contributed by atoms with E-state index in [9.17, 15) is 0 Å². The Labute approximate surface area is 288 Å². The molecule has 1 fully saturated rings. The van der Waals surface area contributed by atoms with E-state index in [0.29, 0.717) is 0 Å². The number of ether oxygens (including phenoxy) is 2. The van der Waals surface area contributed by atoms with E-state index >= 15 is 0 Å². The van der Waals surface area contributed by atoms with Crippen LogP contribution in [0.1, 0.15) is 187 Å². The van der Waals surface area contributed by atoms with Gasteiger partial charge in [-0.1, -0.05) is 101 Å². The lowest BCUT2D eigenvalue weighted by molar-refractivity contribution is -0.180. The highest BCUT2D eigenvalue weighted by atomic mass is 16.7. The maximum absolute atomic E-state index is 6.70. The first-order valence-corrected chi connectivity index (χ1v) is 20.2. The first-order chi connectivity index (χ1) is 22.6. The zero-order valence-electron chi connectivity index (χ0n) is 31.5. The Bertz CT molecular complexity index is 754. The fraction of sp³-hybridized carbons (Fsp3) is 0.814. The molecule has 46 heavy (non-hydrogen) atoms. The van der Waals surface area contributed by atoms with Crippen LogP contribution in [0.4, 0.5) is 0 Å². The van der Waals surface area contributed by atoms with Crippen LogP contribution in [0.15, 0.2) is 48.6 Å². The quantitative estimate of drug-likeness (QED) is 0.0526. The molecule has 0 aromatic heterocycles. The van der Waals surface area contributed by atoms with Gasteiger partial charge in [-0.3, -0.25) is 0 Å². The minimum absolute atomic E-state index is 0.272. The molecule has 1 aliphatic heterocycles. The van der Waals surface area contributed by atoms with Gasteiger partial charge in [0, 0.05) is 12.8 Å². The Kier molecular flexibility index (Phi) is 30.2. The molecule has 0 spiro atoms. The van der Waals surface area contributed by atoms with E-state index in [1.165, 1.54) is 154 Å². The third-order valence-corrected chi connectivity index (χ3v) is 9.25. The minimum atomic E-state index is -0.329. The molecule has 3 heteroatoms. The van der Waals surface area contributed by atoms with Gasteiger partial charge in [-0.25, -0.2) is 0 Å². The summed E-state index contributed by atoms with van der Waals surface area (Å²) in [6, 6.07) is 0. The molecule has 1 rings (SSSR count). The largest absolute Gasteiger partial charge is 0.347 e. The molecule has 0 amide bonds. The highest BCUT2D eigenvalue weighted by Gasteiger charge is 2.40. The van der Waals surface area contributed by atoms with Crippen LogP contribution >= 0.6 is 0 Å². The van der Waals surface area contributed by atoms with Gasteiger partial charge in [-0.05, 0) is 143 Å². The van der Waals surface area contributed by atoms with Crippen molar-refractivity contribution < 1.29 is 9.47 Å². The van der Waals surface area contributed by atoms with Gasteiger partial charge in [-0.2, -0.15) is 0 Å². The van der Waals surface area contributed by atoms with Gasteiger partial charge in [0.2, 0.25) is 0 Å². The second kappa shape index (κ2) is 32.4. The third-order valence-electron chi connectivity index (χ3n) is 9.25. The molecule has 2 atom stereocenters. The highest BCUT2D eigenvalue weighted by molar-refractivity contribution is 4.86. The summed E-state index contributed by atoms with van der Waals surface area (Å²) in [6.45, 7) is 6.44. The maximum atomic E-state index is 6.70. The van der Waals surface area contributed by atoms with Crippen molar-refractivity contribution in [3.63, 3.8) is 0 Å². The second-order valence-corrected chi connectivity index (χ2v) is 14.2. The molecule has 0 N–H and O–H groups in total. The van der Waals surface area contributed by atoms with Crippen LogP contribution in [0.25, 0.3) is 0 Å². The van der Waals surface area contributed by atoms with Crippen molar-refractivity contribution in [3.8, 4) is 0 Å². The number of rotatable bonds is 33. The van der Waals surface area contributed by atoms with Crippen molar-refractivity contribution in [3.05, 3.63) is 48.6 Å². The average molecular weight is 642 g/mol. The first kappa shape index (κ1) is 42.9. The SMILES string of the molecule is CCCC/C=C\CCCC/C=C\CCCCCC1(CCCCC/C=C\CCCC/C=C\CCCCC)OC[C@H](CCCN(C)C)O1. The summed E-state index contributed by atoms with van der Waals surface area (Å²) < 4.78 is 13.2. The van der Waals surface area contributed by atoms with Gasteiger partial charge in [0.25, 0.3) is 0 Å². The van der Waals surface area contributed by atoms with Crippen LogP contribution in [0, 0.1) is 0 Å². The topological polar surface area (TPSA) is 21.7 Å². The molecule has 0 radical (unpaired) electrons. The molecule has 0 aromatic carbocycles. The van der Waals surface area contributed by atoms with Crippen molar-refractivity contribution in [2.45, 2.75) is 199 Å². The molecule has 1 saturated heterocycles. The summed E-state index contributed by atoms with van der Waals surface area (Å²) in [5, 5.41) is 0. The lowest BCUT2D eigenvalue weighted by atomic mass is 9.99. The third kappa shape index (κ3) is 26.9. The number of hydrogen-bond donors (Lipinski definition) is 0. The van der Waals surface area contributed by atoms with Crippen molar-refractivity contribution in [1.29, 1.82) is 0 Å². The number of nitrogens with zero attached hydrogens (tertiary/aromatic N) is 1. The smallest absolute Gasteiger partial charge is 0.168 e. The predicted octanol–water partition coefficient (Wildman–Crippen LogP) is 13.5. The Morgan fingerprint density at radius 1 is 0.500 bits per heavy atom. The van der Waals surface area contributed by atoms with E-state index in [2.05, 4.69) is 81.5 Å². The fourth-order valence-corrected chi connectivity index (χ4v) is 6.27. The zero-order chi connectivity index (χ0) is 33.2. The van der Waals surface area contributed by atoms with Crippen LogP contribution in [0.5, 0.6) is 0 Å². The Balaban J connectivity index is 2.21. The molecule has 1 heterocycles. The minimum Gasteiger partial charge on any atom is -0.347 e. The summed E-state index contributed by atoms with van der Waals surface area (Å²) in [6.07, 6.45) is 53.2. The van der Waals surface area contributed by atoms with Crippen LogP contribution in [-0.2, 0) is 9.47 Å².